The van der Waals surface area contributed by atoms with Crippen LogP contribution in [0, 0.1) is 5.41 Å². The van der Waals surface area contributed by atoms with Crippen LogP contribution in [0.1, 0.15) is 43.7 Å². The Labute approximate surface area is 178 Å². The van der Waals surface area contributed by atoms with Crippen LogP contribution in [0.5, 0.6) is 0 Å². The van der Waals surface area contributed by atoms with E-state index in [0.29, 0.717) is 12.0 Å². The minimum Gasteiger partial charge on any atom is -0.357 e. The van der Waals surface area contributed by atoms with Gasteiger partial charge in [0, 0.05) is 19.6 Å². The summed E-state index contributed by atoms with van der Waals surface area (Å²) in [7, 11) is 0. The number of guanidine groups is 1. The molecule has 1 aliphatic carbocycles. The molecule has 0 radical (unpaired) electrons. The van der Waals surface area contributed by atoms with Crippen molar-refractivity contribution >= 4 is 29.9 Å². The number of nitrogens with zero attached hydrogens (tertiary/aromatic N) is 5. The monoisotopic (exact) mass is 480 g/mol. The lowest BCUT2D eigenvalue weighted by atomic mass is 9.68. The molecule has 1 spiro atoms. The van der Waals surface area contributed by atoms with Crippen LogP contribution in [-0.4, -0.2) is 45.3 Å². The topological polar surface area (TPSA) is 58.3 Å². The molecule has 0 bridgehead atoms. The van der Waals surface area contributed by atoms with Crippen molar-refractivity contribution in [3.8, 4) is 0 Å². The molecule has 4 rings (SSSR count). The number of rotatable bonds is 5. The molecule has 0 unspecified atom stereocenters. The van der Waals surface area contributed by atoms with Crippen LogP contribution >= 0.6 is 24.0 Å². The Morgan fingerprint density at radius 3 is 2.78 bits per heavy atom. The first-order valence-corrected chi connectivity index (χ1v) is 9.70. The highest BCUT2D eigenvalue weighted by Gasteiger charge is 2.43. The number of likely N-dealkylation sites (tertiary alicyclic amines) is 1. The smallest absolute Gasteiger partial charge is 0.194 e. The van der Waals surface area contributed by atoms with Gasteiger partial charge in [-0.2, -0.15) is 5.10 Å². The molecule has 1 N–H and O–H groups in total. The van der Waals surface area contributed by atoms with Gasteiger partial charge in [-0.05, 0) is 42.7 Å². The number of aliphatic imine (C=N–C) groups is 1. The fourth-order valence-corrected chi connectivity index (χ4v) is 4.12. The molecular weight excluding hydrogens is 451 g/mol. The maximum atomic E-state index is 4.92. The van der Waals surface area contributed by atoms with Gasteiger partial charge in [0.25, 0.3) is 0 Å². The number of hydrogen-bond acceptors (Lipinski definition) is 3. The van der Waals surface area contributed by atoms with Gasteiger partial charge >= 0.3 is 0 Å². The Bertz CT molecular complexity index is 754. The van der Waals surface area contributed by atoms with Crippen molar-refractivity contribution in [3.63, 3.8) is 0 Å². The summed E-state index contributed by atoms with van der Waals surface area (Å²) in [6.07, 6.45) is 8.84. The third kappa shape index (κ3) is 4.80. The van der Waals surface area contributed by atoms with Gasteiger partial charge in [0.2, 0.25) is 0 Å². The zero-order valence-electron chi connectivity index (χ0n) is 16.0. The summed E-state index contributed by atoms with van der Waals surface area (Å²) in [5.41, 5.74) is 3.05. The molecule has 2 fully saturated rings. The molecule has 2 heterocycles. The third-order valence-electron chi connectivity index (χ3n) is 5.70. The van der Waals surface area contributed by atoms with Gasteiger partial charge in [-0.3, -0.25) is 0 Å². The van der Waals surface area contributed by atoms with E-state index in [-0.39, 0.29) is 24.0 Å². The molecule has 7 heteroatoms. The average Bonchev–Trinajstić information content (AvgIpc) is 3.28. The van der Waals surface area contributed by atoms with E-state index in [1.54, 1.807) is 12.7 Å². The molecule has 1 aromatic heterocycles. The molecule has 1 saturated heterocycles. The van der Waals surface area contributed by atoms with Gasteiger partial charge in [-0.1, -0.05) is 30.7 Å². The first-order valence-electron chi connectivity index (χ1n) is 9.70. The van der Waals surface area contributed by atoms with Crippen molar-refractivity contribution in [2.75, 3.05) is 19.6 Å². The van der Waals surface area contributed by atoms with E-state index in [1.165, 1.54) is 43.4 Å². The van der Waals surface area contributed by atoms with Crippen LogP contribution in [0.2, 0.25) is 0 Å². The van der Waals surface area contributed by atoms with Crippen molar-refractivity contribution in [2.45, 2.75) is 45.7 Å². The van der Waals surface area contributed by atoms with Gasteiger partial charge in [-0.15, -0.1) is 24.0 Å². The Hall–Kier alpha value is -1.64. The molecule has 6 nitrogen and oxygen atoms in total. The summed E-state index contributed by atoms with van der Waals surface area (Å²) in [4.78, 5) is 11.4. The number of benzene rings is 1. The predicted molar refractivity (Wildman–Crippen MR) is 118 cm³/mol. The highest BCUT2D eigenvalue weighted by molar-refractivity contribution is 14.0. The Morgan fingerprint density at radius 2 is 2.11 bits per heavy atom. The fraction of sp³-hybridized carbons (Fsp3) is 0.550. The Morgan fingerprint density at radius 1 is 1.26 bits per heavy atom. The summed E-state index contributed by atoms with van der Waals surface area (Å²) in [6.45, 7) is 6.81. The Balaban J connectivity index is 0.00000210. The highest BCUT2D eigenvalue weighted by atomic mass is 127. The number of aromatic nitrogens is 3. The zero-order chi connectivity index (χ0) is 17.8. The Kier molecular flexibility index (Phi) is 6.73. The number of nitrogens with one attached hydrogen (secondary N) is 1. The first kappa shape index (κ1) is 20.1. The van der Waals surface area contributed by atoms with Crippen LogP contribution in [-0.2, 0) is 13.1 Å². The van der Waals surface area contributed by atoms with Gasteiger partial charge in [0.15, 0.2) is 5.96 Å². The van der Waals surface area contributed by atoms with Crippen LogP contribution in [0.25, 0.3) is 0 Å². The zero-order valence-corrected chi connectivity index (χ0v) is 18.3. The summed E-state index contributed by atoms with van der Waals surface area (Å²) in [6, 6.07) is 8.59. The van der Waals surface area contributed by atoms with E-state index in [9.17, 15) is 0 Å². The van der Waals surface area contributed by atoms with Crippen molar-refractivity contribution in [3.05, 3.63) is 48.0 Å². The third-order valence-corrected chi connectivity index (χ3v) is 5.70. The quantitative estimate of drug-likeness (QED) is 0.406. The maximum Gasteiger partial charge on any atom is 0.194 e. The SMILES string of the molecule is CCNC(=NCc1cccc(Cn2cncn2)c1)N1CCC2(CCC2)C1.I. The molecule has 0 atom stereocenters. The van der Waals surface area contributed by atoms with Gasteiger partial charge in [0.1, 0.15) is 12.7 Å². The van der Waals surface area contributed by atoms with E-state index < -0.39 is 0 Å². The van der Waals surface area contributed by atoms with E-state index in [2.05, 4.69) is 51.5 Å². The van der Waals surface area contributed by atoms with E-state index in [0.717, 1.165) is 25.6 Å². The lowest BCUT2D eigenvalue weighted by molar-refractivity contribution is 0.151. The van der Waals surface area contributed by atoms with E-state index >= 15 is 0 Å². The summed E-state index contributed by atoms with van der Waals surface area (Å²) in [5.74, 6) is 1.07. The second-order valence-corrected chi connectivity index (χ2v) is 7.61. The van der Waals surface area contributed by atoms with Crippen molar-refractivity contribution < 1.29 is 0 Å². The van der Waals surface area contributed by atoms with Gasteiger partial charge in [0.05, 0.1) is 13.1 Å². The molecule has 1 aromatic carbocycles. The number of hydrogen-bond donors (Lipinski definition) is 1. The van der Waals surface area contributed by atoms with Gasteiger partial charge < -0.3 is 10.2 Å². The van der Waals surface area contributed by atoms with Crippen LogP contribution in [0.4, 0.5) is 0 Å². The molecule has 27 heavy (non-hydrogen) atoms. The van der Waals surface area contributed by atoms with Crippen LogP contribution < -0.4 is 5.32 Å². The maximum absolute atomic E-state index is 4.92. The minimum atomic E-state index is 0. The minimum absolute atomic E-state index is 0. The fourth-order valence-electron chi connectivity index (χ4n) is 4.12. The molecule has 146 valence electrons. The standard InChI is InChI=1S/C20H28N6.HI/c1-2-22-19(25-10-9-20(14-25)7-4-8-20)23-12-17-5-3-6-18(11-17)13-26-16-21-15-24-26;/h3,5-6,11,15-16H,2,4,7-10,12-14H2,1H3,(H,22,23);1H. The van der Waals surface area contributed by atoms with E-state index in [4.69, 9.17) is 4.99 Å². The molecule has 2 aliphatic rings. The number of halogens is 1. The lowest BCUT2D eigenvalue weighted by Crippen LogP contribution is -2.42. The van der Waals surface area contributed by atoms with Crippen molar-refractivity contribution in [1.29, 1.82) is 0 Å². The predicted octanol–water partition coefficient (Wildman–Crippen LogP) is 3.29. The highest BCUT2D eigenvalue weighted by Crippen LogP contribution is 2.47. The summed E-state index contributed by atoms with van der Waals surface area (Å²) >= 11 is 0. The van der Waals surface area contributed by atoms with Crippen molar-refractivity contribution in [2.24, 2.45) is 10.4 Å². The molecule has 0 amide bonds. The van der Waals surface area contributed by atoms with Crippen LogP contribution in [0.3, 0.4) is 0 Å². The van der Waals surface area contributed by atoms with Gasteiger partial charge in [-0.25, -0.2) is 14.7 Å². The molecular formula is C20H29IN6. The molecule has 1 aliphatic heterocycles. The van der Waals surface area contributed by atoms with Crippen molar-refractivity contribution in [1.82, 2.24) is 25.0 Å². The van der Waals surface area contributed by atoms with E-state index in [1.807, 2.05) is 4.68 Å². The van der Waals surface area contributed by atoms with Crippen LogP contribution in [0.15, 0.2) is 41.9 Å². The molecule has 2 aromatic rings. The summed E-state index contributed by atoms with van der Waals surface area (Å²) in [5, 5.41) is 7.67. The average molecular weight is 480 g/mol. The molecule has 1 saturated carbocycles. The largest absolute Gasteiger partial charge is 0.357 e. The second kappa shape index (κ2) is 9.03. The first-order chi connectivity index (χ1) is 12.8. The second-order valence-electron chi connectivity index (χ2n) is 7.61. The summed E-state index contributed by atoms with van der Waals surface area (Å²) < 4.78 is 1.84. The normalized spacial score (nSPS) is 18.3. The lowest BCUT2D eigenvalue weighted by Gasteiger charge is -2.38.